The number of hydrogen-bond acceptors (Lipinski definition) is 7. The van der Waals surface area contributed by atoms with E-state index >= 15 is 0 Å². The van der Waals surface area contributed by atoms with E-state index in [0.717, 1.165) is 24.8 Å². The van der Waals surface area contributed by atoms with E-state index in [1.165, 1.54) is 12.1 Å². The highest BCUT2D eigenvalue weighted by molar-refractivity contribution is 7.92. The molecule has 174 valence electrons. The van der Waals surface area contributed by atoms with Gasteiger partial charge in [0.2, 0.25) is 0 Å². The molecule has 0 aliphatic heterocycles. The van der Waals surface area contributed by atoms with E-state index in [4.69, 9.17) is 4.74 Å². The smallest absolute Gasteiger partial charge is 0.426 e. The predicted molar refractivity (Wildman–Crippen MR) is 108 cm³/mol. The Morgan fingerprint density at radius 1 is 1.16 bits per heavy atom. The largest absolute Gasteiger partial charge is 0.501 e. The molecular weight excluding hydrogens is 475 g/mol. The number of sulfone groups is 1. The number of benzene rings is 2. The van der Waals surface area contributed by atoms with Crippen LogP contribution in [0.25, 0.3) is 0 Å². The first-order valence-corrected chi connectivity index (χ1v) is 11.9. The summed E-state index contributed by atoms with van der Waals surface area (Å²) in [5.41, 5.74) is -5.77. The van der Waals surface area contributed by atoms with Crippen LogP contribution in [0.2, 0.25) is 0 Å². The zero-order chi connectivity index (χ0) is 24.1. The zero-order valence-corrected chi connectivity index (χ0v) is 18.3. The lowest BCUT2D eigenvalue weighted by Crippen LogP contribution is -2.23. The van der Waals surface area contributed by atoms with E-state index in [1.807, 2.05) is 6.92 Å². The summed E-state index contributed by atoms with van der Waals surface area (Å²) in [6.07, 6.45) is 2.84. The highest BCUT2D eigenvalue weighted by Crippen LogP contribution is 2.34. The molecule has 0 radical (unpaired) electrons. The lowest BCUT2D eigenvalue weighted by molar-refractivity contribution is -0.388. The summed E-state index contributed by atoms with van der Waals surface area (Å²) in [5, 5.41) is 11.2. The van der Waals surface area contributed by atoms with Gasteiger partial charge in [-0.25, -0.2) is 8.42 Å². The van der Waals surface area contributed by atoms with Gasteiger partial charge in [0.25, 0.3) is 15.5 Å². The summed E-state index contributed by atoms with van der Waals surface area (Å²) in [6, 6.07) is 7.79. The van der Waals surface area contributed by atoms with Crippen molar-refractivity contribution in [3.05, 3.63) is 58.1 Å². The van der Waals surface area contributed by atoms with Gasteiger partial charge in [-0.2, -0.15) is 13.2 Å². The summed E-state index contributed by atoms with van der Waals surface area (Å²) < 4.78 is 78.5. The van der Waals surface area contributed by atoms with Crippen LogP contribution in [-0.2, 0) is 31.9 Å². The summed E-state index contributed by atoms with van der Waals surface area (Å²) in [7, 11) is -8.22. The molecule has 13 heteroatoms. The van der Waals surface area contributed by atoms with Gasteiger partial charge >= 0.3 is 11.5 Å². The van der Waals surface area contributed by atoms with Crippen molar-refractivity contribution in [3.63, 3.8) is 0 Å². The van der Waals surface area contributed by atoms with E-state index in [1.54, 1.807) is 12.1 Å². The van der Waals surface area contributed by atoms with Gasteiger partial charge in [-0.1, -0.05) is 25.5 Å². The predicted octanol–water partition coefficient (Wildman–Crippen LogP) is 3.94. The Morgan fingerprint density at radius 3 is 2.31 bits per heavy atom. The van der Waals surface area contributed by atoms with Crippen molar-refractivity contribution in [1.82, 2.24) is 0 Å². The maximum absolute atomic E-state index is 12.7. The first-order valence-electron chi connectivity index (χ1n) is 9.14. The second-order valence-electron chi connectivity index (χ2n) is 6.55. The number of nitro benzene ring substituents is 1. The van der Waals surface area contributed by atoms with E-state index in [-0.39, 0.29) is 11.8 Å². The van der Waals surface area contributed by atoms with Crippen LogP contribution in [0, 0.1) is 10.1 Å². The lowest BCUT2D eigenvalue weighted by Gasteiger charge is -2.09. The average Bonchev–Trinajstić information content (AvgIpc) is 2.71. The number of carbonyl (C=O) groups excluding carboxylic acids is 1. The lowest BCUT2D eigenvalue weighted by atomic mass is 10.1. The van der Waals surface area contributed by atoms with Crippen molar-refractivity contribution < 1.29 is 40.3 Å². The van der Waals surface area contributed by atoms with Gasteiger partial charge in [0.15, 0.2) is 0 Å². The number of nitro groups is 1. The van der Waals surface area contributed by atoms with Gasteiger partial charge < -0.3 is 4.74 Å². The molecule has 2 aromatic rings. The number of aryl methyl sites for hydroxylation is 1. The van der Waals surface area contributed by atoms with Crippen LogP contribution < -0.4 is 4.74 Å². The SMILES string of the molecule is CCCCc1ccc(OC(=O)CS(=O)c2ccc(S(=O)(=O)C(F)(F)F)cc2[N+](=O)[O-])cc1. The van der Waals surface area contributed by atoms with Crippen molar-refractivity contribution in [2.45, 2.75) is 41.5 Å². The quantitative estimate of drug-likeness (QED) is 0.224. The molecular formula is C19H18F3NO7S2. The second kappa shape index (κ2) is 10.2. The summed E-state index contributed by atoms with van der Waals surface area (Å²) in [4.78, 5) is 20.1. The highest BCUT2D eigenvalue weighted by Gasteiger charge is 2.47. The van der Waals surface area contributed by atoms with Crippen molar-refractivity contribution in [2.75, 3.05) is 5.75 Å². The minimum atomic E-state index is -5.84. The molecule has 32 heavy (non-hydrogen) atoms. The number of halogens is 3. The third kappa shape index (κ3) is 6.13. The van der Waals surface area contributed by atoms with Crippen LogP contribution >= 0.6 is 0 Å². The fourth-order valence-electron chi connectivity index (χ4n) is 2.58. The van der Waals surface area contributed by atoms with E-state index in [2.05, 4.69) is 0 Å². The first kappa shape index (κ1) is 25.5. The topological polar surface area (TPSA) is 121 Å². The number of hydrogen-bond donors (Lipinski definition) is 0. The Balaban J connectivity index is 2.18. The molecule has 0 aliphatic carbocycles. The molecule has 0 aliphatic rings. The molecule has 1 unspecified atom stereocenters. The number of nitrogens with zero attached hydrogens (tertiary/aromatic N) is 1. The van der Waals surface area contributed by atoms with Gasteiger partial charge in [-0.05, 0) is 42.7 Å². The highest BCUT2D eigenvalue weighted by atomic mass is 32.2. The van der Waals surface area contributed by atoms with E-state index < -0.39 is 58.3 Å². The fourth-order valence-corrected chi connectivity index (χ4v) is 4.38. The Labute approximate surface area is 183 Å². The molecule has 0 heterocycles. The van der Waals surface area contributed by atoms with E-state index in [0.29, 0.717) is 12.1 Å². The van der Waals surface area contributed by atoms with Crippen molar-refractivity contribution in [1.29, 1.82) is 0 Å². The van der Waals surface area contributed by atoms with Crippen LogP contribution in [0.4, 0.5) is 18.9 Å². The van der Waals surface area contributed by atoms with Gasteiger partial charge in [0, 0.05) is 6.07 Å². The third-order valence-corrected chi connectivity index (χ3v) is 7.03. The third-order valence-electron chi connectivity index (χ3n) is 4.21. The van der Waals surface area contributed by atoms with Crippen molar-refractivity contribution >= 4 is 32.3 Å². The molecule has 2 rings (SSSR count). The summed E-state index contributed by atoms with van der Waals surface area (Å²) in [5.74, 6) is -1.66. The molecule has 0 spiro atoms. The van der Waals surface area contributed by atoms with Gasteiger partial charge in [-0.15, -0.1) is 0 Å². The van der Waals surface area contributed by atoms with Crippen molar-refractivity contribution in [2.24, 2.45) is 0 Å². The first-order chi connectivity index (χ1) is 14.9. The van der Waals surface area contributed by atoms with Crippen LogP contribution in [-0.4, -0.2) is 34.8 Å². The Kier molecular flexibility index (Phi) is 8.13. The fraction of sp³-hybridized carbons (Fsp3) is 0.316. The van der Waals surface area contributed by atoms with Crippen LogP contribution in [0.1, 0.15) is 25.3 Å². The molecule has 0 saturated heterocycles. The molecule has 1 atom stereocenters. The van der Waals surface area contributed by atoms with Gasteiger partial charge in [-0.3, -0.25) is 19.1 Å². The molecule has 0 aromatic heterocycles. The Bertz CT molecular complexity index is 1130. The van der Waals surface area contributed by atoms with Gasteiger partial charge in [0.05, 0.1) is 20.6 Å². The Hall–Kier alpha value is -2.80. The number of ether oxygens (including phenoxy) is 1. The number of carbonyl (C=O) groups is 1. The normalized spacial score (nSPS) is 12.9. The maximum Gasteiger partial charge on any atom is 0.501 e. The van der Waals surface area contributed by atoms with Crippen LogP contribution in [0.15, 0.2) is 52.3 Å². The molecule has 0 N–H and O–H groups in total. The van der Waals surface area contributed by atoms with Crippen LogP contribution in [0.5, 0.6) is 5.75 Å². The molecule has 0 bridgehead atoms. The summed E-state index contributed by atoms with van der Waals surface area (Å²) in [6.45, 7) is 2.05. The van der Waals surface area contributed by atoms with Crippen LogP contribution in [0.3, 0.4) is 0 Å². The second-order valence-corrected chi connectivity index (χ2v) is 9.91. The molecule has 2 aromatic carbocycles. The molecule has 8 nitrogen and oxygen atoms in total. The zero-order valence-electron chi connectivity index (χ0n) is 16.6. The van der Waals surface area contributed by atoms with Crippen molar-refractivity contribution in [3.8, 4) is 5.75 Å². The monoisotopic (exact) mass is 493 g/mol. The Morgan fingerprint density at radius 2 is 1.78 bits per heavy atom. The average molecular weight is 493 g/mol. The molecule has 0 amide bonds. The standard InChI is InChI=1S/C19H18F3NO7S2/c1-2-3-4-13-5-7-14(8-6-13)30-18(24)12-31(27)17-10-9-15(11-16(17)23(25)26)32(28,29)19(20,21)22/h5-11H,2-4,12H2,1H3. The number of rotatable bonds is 9. The minimum Gasteiger partial charge on any atom is -0.426 e. The molecule has 0 fully saturated rings. The molecule has 0 saturated carbocycles. The van der Waals surface area contributed by atoms with E-state index in [9.17, 15) is 40.7 Å². The number of alkyl halides is 3. The number of esters is 1. The summed E-state index contributed by atoms with van der Waals surface area (Å²) >= 11 is 0. The number of unbranched alkanes of at least 4 members (excludes halogenated alkanes) is 1. The van der Waals surface area contributed by atoms with Gasteiger partial charge in [0.1, 0.15) is 16.4 Å². The maximum atomic E-state index is 12.7. The minimum absolute atomic E-state index is 0.161.